The number of alkyl halides is 3. The summed E-state index contributed by atoms with van der Waals surface area (Å²) in [5.74, 6) is 0.685. The van der Waals surface area contributed by atoms with E-state index >= 15 is 0 Å². The van der Waals surface area contributed by atoms with Gasteiger partial charge in [-0.25, -0.2) is 0 Å². The molecule has 0 aliphatic carbocycles. The van der Waals surface area contributed by atoms with Crippen LogP contribution in [-0.2, 0) is 13.0 Å². The van der Waals surface area contributed by atoms with E-state index < -0.39 is 12.6 Å². The van der Waals surface area contributed by atoms with Gasteiger partial charge in [-0.05, 0) is 18.1 Å². The van der Waals surface area contributed by atoms with Crippen LogP contribution in [0.5, 0.6) is 0 Å². The standard InChI is InChI=1S/C9H14F3N3S/c1-6(2)5-15-7(13-14-8(15)16)3-4-9(10,11)12/h6H,3-5H2,1-2H3,(H,14,16). The highest BCUT2D eigenvalue weighted by atomic mass is 32.1. The minimum absolute atomic E-state index is 0.136. The van der Waals surface area contributed by atoms with Crippen LogP contribution in [0.4, 0.5) is 13.2 Å². The summed E-state index contributed by atoms with van der Waals surface area (Å²) in [5.41, 5.74) is 0. The molecule has 0 saturated heterocycles. The van der Waals surface area contributed by atoms with Crippen molar-refractivity contribution in [1.82, 2.24) is 14.8 Å². The maximum atomic E-state index is 12.1. The summed E-state index contributed by atoms with van der Waals surface area (Å²) in [7, 11) is 0. The monoisotopic (exact) mass is 253 g/mol. The number of rotatable bonds is 4. The third kappa shape index (κ3) is 3.96. The lowest BCUT2D eigenvalue weighted by atomic mass is 10.2. The van der Waals surface area contributed by atoms with Crippen LogP contribution >= 0.6 is 12.2 Å². The summed E-state index contributed by atoms with van der Waals surface area (Å²) >= 11 is 4.96. The van der Waals surface area contributed by atoms with Gasteiger partial charge in [-0.3, -0.25) is 5.10 Å². The van der Waals surface area contributed by atoms with Crippen LogP contribution in [0, 0.1) is 10.7 Å². The lowest BCUT2D eigenvalue weighted by molar-refractivity contribution is -0.134. The highest BCUT2D eigenvalue weighted by Gasteiger charge is 2.27. The van der Waals surface area contributed by atoms with E-state index in [1.807, 2.05) is 13.8 Å². The minimum atomic E-state index is -4.16. The van der Waals surface area contributed by atoms with Gasteiger partial charge in [0, 0.05) is 13.0 Å². The Morgan fingerprint density at radius 3 is 2.56 bits per heavy atom. The number of halogens is 3. The van der Waals surface area contributed by atoms with E-state index in [-0.39, 0.29) is 6.42 Å². The smallest absolute Gasteiger partial charge is 0.304 e. The second-order valence-corrected chi connectivity index (χ2v) is 4.45. The molecule has 16 heavy (non-hydrogen) atoms. The number of aryl methyl sites for hydroxylation is 1. The molecule has 1 aromatic rings. The molecule has 0 amide bonds. The van der Waals surface area contributed by atoms with E-state index in [1.165, 1.54) is 0 Å². The van der Waals surface area contributed by atoms with E-state index in [0.717, 1.165) is 0 Å². The third-order valence-electron chi connectivity index (χ3n) is 2.02. The lowest BCUT2D eigenvalue weighted by Crippen LogP contribution is -2.13. The van der Waals surface area contributed by atoms with Crippen molar-refractivity contribution in [2.75, 3.05) is 0 Å². The van der Waals surface area contributed by atoms with Crippen molar-refractivity contribution >= 4 is 12.2 Å². The first-order chi connectivity index (χ1) is 7.29. The molecule has 1 heterocycles. The summed E-state index contributed by atoms with van der Waals surface area (Å²) in [6.07, 6.45) is -5.16. The van der Waals surface area contributed by atoms with Gasteiger partial charge in [-0.1, -0.05) is 13.8 Å². The first-order valence-electron chi connectivity index (χ1n) is 5.00. The maximum absolute atomic E-state index is 12.1. The molecule has 1 aromatic heterocycles. The molecule has 1 N–H and O–H groups in total. The number of aromatic nitrogens is 3. The van der Waals surface area contributed by atoms with Crippen molar-refractivity contribution in [2.45, 2.75) is 39.4 Å². The van der Waals surface area contributed by atoms with Gasteiger partial charge in [0.2, 0.25) is 0 Å². The van der Waals surface area contributed by atoms with Crippen LogP contribution in [0.3, 0.4) is 0 Å². The second-order valence-electron chi connectivity index (χ2n) is 4.06. The van der Waals surface area contributed by atoms with Crippen molar-refractivity contribution in [3.63, 3.8) is 0 Å². The van der Waals surface area contributed by atoms with E-state index in [9.17, 15) is 13.2 Å². The molecule has 0 aliphatic rings. The summed E-state index contributed by atoms with van der Waals surface area (Å²) < 4.78 is 38.2. The van der Waals surface area contributed by atoms with E-state index in [4.69, 9.17) is 12.2 Å². The molecule has 0 radical (unpaired) electrons. The van der Waals surface area contributed by atoms with Crippen molar-refractivity contribution in [1.29, 1.82) is 0 Å². The predicted molar refractivity (Wildman–Crippen MR) is 56.6 cm³/mol. The number of aromatic amines is 1. The summed E-state index contributed by atoms with van der Waals surface area (Å²) in [5, 5.41) is 6.34. The van der Waals surface area contributed by atoms with Crippen molar-refractivity contribution in [3.05, 3.63) is 10.6 Å². The number of nitrogens with zero attached hydrogens (tertiary/aromatic N) is 2. The Balaban J connectivity index is 2.77. The quantitative estimate of drug-likeness (QED) is 0.836. The fourth-order valence-corrected chi connectivity index (χ4v) is 1.57. The Hall–Kier alpha value is -0.850. The molecule has 0 saturated carbocycles. The predicted octanol–water partition coefficient (Wildman–Crippen LogP) is 3.09. The van der Waals surface area contributed by atoms with Gasteiger partial charge < -0.3 is 4.57 Å². The van der Waals surface area contributed by atoms with Crippen LogP contribution in [0.15, 0.2) is 0 Å². The maximum Gasteiger partial charge on any atom is 0.389 e. The number of hydrogen-bond donors (Lipinski definition) is 1. The summed E-state index contributed by atoms with van der Waals surface area (Å²) in [4.78, 5) is 0. The van der Waals surface area contributed by atoms with E-state index in [1.54, 1.807) is 4.57 Å². The minimum Gasteiger partial charge on any atom is -0.304 e. The normalized spacial score (nSPS) is 12.4. The molecular formula is C9H14F3N3S. The molecule has 0 aromatic carbocycles. The summed E-state index contributed by atoms with van der Waals surface area (Å²) in [6.45, 7) is 4.53. The van der Waals surface area contributed by atoms with Gasteiger partial charge in [0.05, 0.1) is 6.42 Å². The van der Waals surface area contributed by atoms with Gasteiger partial charge in [0.1, 0.15) is 5.82 Å². The van der Waals surface area contributed by atoms with Crippen LogP contribution in [-0.4, -0.2) is 20.9 Å². The zero-order chi connectivity index (χ0) is 12.3. The molecule has 0 spiro atoms. The van der Waals surface area contributed by atoms with E-state index in [2.05, 4.69) is 10.2 Å². The van der Waals surface area contributed by atoms with Gasteiger partial charge in [0.15, 0.2) is 4.77 Å². The van der Waals surface area contributed by atoms with Gasteiger partial charge in [-0.2, -0.15) is 18.3 Å². The third-order valence-corrected chi connectivity index (χ3v) is 2.33. The molecule has 7 heteroatoms. The Morgan fingerprint density at radius 1 is 1.44 bits per heavy atom. The molecule has 0 unspecified atom stereocenters. The van der Waals surface area contributed by atoms with Crippen LogP contribution in [0.2, 0.25) is 0 Å². The molecule has 3 nitrogen and oxygen atoms in total. The molecule has 92 valence electrons. The van der Waals surface area contributed by atoms with Gasteiger partial charge >= 0.3 is 6.18 Å². The Kier molecular flexibility index (Phi) is 4.12. The first-order valence-corrected chi connectivity index (χ1v) is 5.41. The Labute approximate surface area is 96.7 Å². The highest BCUT2D eigenvalue weighted by molar-refractivity contribution is 7.71. The molecule has 0 bridgehead atoms. The SMILES string of the molecule is CC(C)Cn1c(CCC(F)(F)F)n[nH]c1=S. The van der Waals surface area contributed by atoms with Gasteiger partial charge in [-0.15, -0.1) is 0 Å². The van der Waals surface area contributed by atoms with Crippen molar-refractivity contribution in [3.8, 4) is 0 Å². The number of hydrogen-bond acceptors (Lipinski definition) is 2. The largest absolute Gasteiger partial charge is 0.389 e. The lowest BCUT2D eigenvalue weighted by Gasteiger charge is -2.10. The highest BCUT2D eigenvalue weighted by Crippen LogP contribution is 2.21. The zero-order valence-electron chi connectivity index (χ0n) is 9.14. The number of nitrogens with one attached hydrogen (secondary N) is 1. The molecule has 0 fully saturated rings. The van der Waals surface area contributed by atoms with Crippen molar-refractivity contribution in [2.24, 2.45) is 5.92 Å². The van der Waals surface area contributed by atoms with Crippen LogP contribution in [0.1, 0.15) is 26.1 Å². The average molecular weight is 253 g/mol. The first kappa shape index (κ1) is 13.2. The molecular weight excluding hydrogens is 239 g/mol. The molecule has 0 aliphatic heterocycles. The van der Waals surface area contributed by atoms with Crippen LogP contribution < -0.4 is 0 Å². The second kappa shape index (κ2) is 4.99. The van der Waals surface area contributed by atoms with E-state index in [0.29, 0.717) is 23.1 Å². The zero-order valence-corrected chi connectivity index (χ0v) is 9.95. The average Bonchev–Trinajstić information content (AvgIpc) is 2.43. The topological polar surface area (TPSA) is 33.6 Å². The van der Waals surface area contributed by atoms with Crippen LogP contribution in [0.25, 0.3) is 0 Å². The Morgan fingerprint density at radius 2 is 2.06 bits per heavy atom. The fraction of sp³-hybridized carbons (Fsp3) is 0.778. The number of H-pyrrole nitrogens is 1. The Bertz CT molecular complexity index is 391. The van der Waals surface area contributed by atoms with Gasteiger partial charge in [0.25, 0.3) is 0 Å². The van der Waals surface area contributed by atoms with Crippen molar-refractivity contribution < 1.29 is 13.2 Å². The molecule has 0 atom stereocenters. The summed E-state index contributed by atoms with van der Waals surface area (Å²) in [6, 6.07) is 0. The fourth-order valence-electron chi connectivity index (χ4n) is 1.35. The molecule has 1 rings (SSSR count).